The van der Waals surface area contributed by atoms with Crippen molar-refractivity contribution in [3.63, 3.8) is 0 Å². The van der Waals surface area contributed by atoms with Gasteiger partial charge in [0.15, 0.2) is 0 Å². The third kappa shape index (κ3) is 3.13. The molecule has 0 bridgehead atoms. The van der Waals surface area contributed by atoms with E-state index in [0.29, 0.717) is 17.0 Å². The van der Waals surface area contributed by atoms with Gasteiger partial charge in [-0.2, -0.15) is 0 Å². The summed E-state index contributed by atoms with van der Waals surface area (Å²) in [5.41, 5.74) is 0.0995. The van der Waals surface area contributed by atoms with Crippen molar-refractivity contribution in [2.24, 2.45) is 0 Å². The number of rotatable bonds is 4. The van der Waals surface area contributed by atoms with Gasteiger partial charge in [-0.05, 0) is 25.1 Å². The van der Waals surface area contributed by atoms with E-state index in [4.69, 9.17) is 0 Å². The standard InChI is InChI=1S/C16H12FN3O4S/c1-10-8-12(17)15(9-14(10)20(21)22)25(23,24)19-13-6-2-4-11-5-3-7-18-16(11)13/h2-9,19H,1H3. The molecule has 0 amide bonds. The number of hydrogen-bond acceptors (Lipinski definition) is 5. The topological polar surface area (TPSA) is 102 Å². The van der Waals surface area contributed by atoms with E-state index in [2.05, 4.69) is 9.71 Å². The fraction of sp³-hybridized carbons (Fsp3) is 0.0625. The summed E-state index contributed by atoms with van der Waals surface area (Å²) in [7, 11) is -4.38. The molecule has 0 spiro atoms. The number of pyridine rings is 1. The van der Waals surface area contributed by atoms with Crippen molar-refractivity contribution in [3.05, 3.63) is 70.2 Å². The van der Waals surface area contributed by atoms with Crippen LogP contribution in [-0.2, 0) is 10.0 Å². The van der Waals surface area contributed by atoms with E-state index in [-0.39, 0.29) is 11.3 Å². The van der Waals surface area contributed by atoms with Crippen LogP contribution in [0, 0.1) is 22.9 Å². The van der Waals surface area contributed by atoms with Crippen LogP contribution in [0.5, 0.6) is 0 Å². The molecule has 128 valence electrons. The highest BCUT2D eigenvalue weighted by Gasteiger charge is 2.25. The van der Waals surface area contributed by atoms with Crippen LogP contribution in [0.1, 0.15) is 5.56 Å². The summed E-state index contributed by atoms with van der Waals surface area (Å²) in [5, 5.41) is 11.7. The maximum absolute atomic E-state index is 14.1. The predicted octanol–water partition coefficient (Wildman–Crippen LogP) is 3.39. The molecule has 0 saturated carbocycles. The number of anilines is 1. The van der Waals surface area contributed by atoms with Gasteiger partial charge in [0.1, 0.15) is 10.7 Å². The zero-order chi connectivity index (χ0) is 18.2. The van der Waals surface area contributed by atoms with Crippen molar-refractivity contribution in [2.75, 3.05) is 4.72 Å². The molecule has 0 aliphatic carbocycles. The van der Waals surface area contributed by atoms with Crippen LogP contribution in [0.3, 0.4) is 0 Å². The van der Waals surface area contributed by atoms with Gasteiger partial charge in [-0.3, -0.25) is 19.8 Å². The molecule has 0 aliphatic rings. The Hall–Kier alpha value is -3.07. The Kier molecular flexibility index (Phi) is 4.09. The maximum Gasteiger partial charge on any atom is 0.273 e. The number of nitrogens with one attached hydrogen (secondary N) is 1. The third-order valence-corrected chi connectivity index (χ3v) is 4.99. The van der Waals surface area contributed by atoms with Gasteiger partial charge in [0.05, 0.1) is 16.1 Å². The van der Waals surface area contributed by atoms with E-state index < -0.39 is 31.3 Å². The number of fused-ring (bicyclic) bond motifs is 1. The highest BCUT2D eigenvalue weighted by atomic mass is 32.2. The monoisotopic (exact) mass is 361 g/mol. The first-order valence-corrected chi connectivity index (χ1v) is 8.59. The lowest BCUT2D eigenvalue weighted by Crippen LogP contribution is -2.15. The molecule has 7 nitrogen and oxygen atoms in total. The number of hydrogen-bond donors (Lipinski definition) is 1. The Bertz CT molecular complexity index is 1090. The van der Waals surface area contributed by atoms with Crippen LogP contribution in [-0.4, -0.2) is 18.3 Å². The van der Waals surface area contributed by atoms with E-state index in [0.717, 1.165) is 6.07 Å². The summed E-state index contributed by atoms with van der Waals surface area (Å²) in [5.74, 6) is -1.07. The first-order valence-electron chi connectivity index (χ1n) is 7.11. The Balaban J connectivity index is 2.11. The average molecular weight is 361 g/mol. The summed E-state index contributed by atoms with van der Waals surface area (Å²) in [4.78, 5) is 13.6. The molecule has 0 fully saturated rings. The van der Waals surface area contributed by atoms with Gasteiger partial charge >= 0.3 is 0 Å². The summed E-state index contributed by atoms with van der Waals surface area (Å²) in [6, 6.07) is 9.83. The largest absolute Gasteiger partial charge is 0.277 e. The Morgan fingerprint density at radius 2 is 1.92 bits per heavy atom. The van der Waals surface area contributed by atoms with Crippen molar-refractivity contribution in [3.8, 4) is 0 Å². The lowest BCUT2D eigenvalue weighted by Gasteiger charge is -2.11. The summed E-state index contributed by atoms with van der Waals surface area (Å²) >= 11 is 0. The van der Waals surface area contributed by atoms with E-state index in [1.807, 2.05) is 0 Å². The second-order valence-corrected chi connectivity index (χ2v) is 6.96. The van der Waals surface area contributed by atoms with Crippen LogP contribution in [0.4, 0.5) is 15.8 Å². The van der Waals surface area contributed by atoms with E-state index >= 15 is 0 Å². The number of nitrogens with zero attached hydrogens (tertiary/aromatic N) is 2. The molecular formula is C16H12FN3O4S. The minimum Gasteiger partial charge on any atom is -0.277 e. The molecule has 0 aliphatic heterocycles. The first kappa shape index (κ1) is 16.8. The molecule has 2 aromatic carbocycles. The van der Waals surface area contributed by atoms with E-state index in [1.54, 1.807) is 24.3 Å². The first-order chi connectivity index (χ1) is 11.8. The molecule has 0 atom stereocenters. The summed E-state index contributed by atoms with van der Waals surface area (Å²) < 4.78 is 41.5. The fourth-order valence-electron chi connectivity index (χ4n) is 2.43. The van der Waals surface area contributed by atoms with Crippen molar-refractivity contribution >= 4 is 32.3 Å². The lowest BCUT2D eigenvalue weighted by atomic mass is 10.2. The number of nitro groups is 1. The van der Waals surface area contributed by atoms with Gasteiger partial charge in [0.25, 0.3) is 15.7 Å². The van der Waals surface area contributed by atoms with E-state index in [9.17, 15) is 22.9 Å². The number of benzene rings is 2. The van der Waals surface area contributed by atoms with Crippen LogP contribution in [0.2, 0.25) is 0 Å². The van der Waals surface area contributed by atoms with Gasteiger partial charge in [0.2, 0.25) is 0 Å². The molecule has 1 N–H and O–H groups in total. The van der Waals surface area contributed by atoms with Gasteiger partial charge in [-0.25, -0.2) is 12.8 Å². The Morgan fingerprint density at radius 1 is 1.20 bits per heavy atom. The number of aryl methyl sites for hydroxylation is 1. The van der Waals surface area contributed by atoms with Gasteiger partial charge < -0.3 is 0 Å². The molecule has 3 rings (SSSR count). The molecule has 3 aromatic rings. The van der Waals surface area contributed by atoms with Crippen LogP contribution in [0.15, 0.2) is 53.6 Å². The molecule has 9 heteroatoms. The van der Waals surface area contributed by atoms with Crippen LogP contribution in [0.25, 0.3) is 10.9 Å². The van der Waals surface area contributed by atoms with Gasteiger partial charge in [0, 0.05) is 23.2 Å². The zero-order valence-corrected chi connectivity index (χ0v) is 13.7. The molecular weight excluding hydrogens is 349 g/mol. The van der Waals surface area contributed by atoms with E-state index in [1.165, 1.54) is 19.2 Å². The minimum absolute atomic E-state index is 0.0354. The summed E-state index contributed by atoms with van der Waals surface area (Å²) in [6.07, 6.45) is 1.50. The second kappa shape index (κ2) is 6.10. The number of halogens is 1. The molecule has 1 aromatic heterocycles. The number of nitro benzene ring substituents is 1. The number of para-hydroxylation sites is 1. The smallest absolute Gasteiger partial charge is 0.273 e. The maximum atomic E-state index is 14.1. The van der Waals surface area contributed by atoms with Crippen LogP contribution >= 0.6 is 0 Å². The highest BCUT2D eigenvalue weighted by Crippen LogP contribution is 2.28. The predicted molar refractivity (Wildman–Crippen MR) is 90.3 cm³/mol. The molecule has 0 radical (unpaired) electrons. The fourth-order valence-corrected chi connectivity index (χ4v) is 3.58. The lowest BCUT2D eigenvalue weighted by molar-refractivity contribution is -0.385. The van der Waals surface area contributed by atoms with Crippen LogP contribution < -0.4 is 4.72 Å². The van der Waals surface area contributed by atoms with Gasteiger partial charge in [-0.15, -0.1) is 0 Å². The second-order valence-electron chi connectivity index (χ2n) is 5.31. The molecule has 1 heterocycles. The van der Waals surface area contributed by atoms with Crippen molar-refractivity contribution in [2.45, 2.75) is 11.8 Å². The van der Waals surface area contributed by atoms with Crippen molar-refractivity contribution in [1.82, 2.24) is 4.98 Å². The summed E-state index contributed by atoms with van der Waals surface area (Å²) in [6.45, 7) is 1.33. The highest BCUT2D eigenvalue weighted by molar-refractivity contribution is 7.92. The quantitative estimate of drug-likeness (QED) is 0.567. The number of sulfonamides is 1. The molecule has 25 heavy (non-hydrogen) atoms. The van der Waals surface area contributed by atoms with Crippen molar-refractivity contribution < 1.29 is 17.7 Å². The Labute approximate surface area is 142 Å². The minimum atomic E-state index is -4.38. The Morgan fingerprint density at radius 3 is 2.64 bits per heavy atom. The zero-order valence-electron chi connectivity index (χ0n) is 12.9. The molecule has 0 unspecified atom stereocenters. The van der Waals surface area contributed by atoms with Gasteiger partial charge in [-0.1, -0.05) is 18.2 Å². The average Bonchev–Trinajstić information content (AvgIpc) is 2.54. The van der Waals surface area contributed by atoms with Crippen molar-refractivity contribution in [1.29, 1.82) is 0 Å². The number of aromatic nitrogens is 1. The normalized spacial score (nSPS) is 11.4. The SMILES string of the molecule is Cc1cc(F)c(S(=O)(=O)Nc2cccc3cccnc23)cc1[N+](=O)[O-]. The molecule has 0 saturated heterocycles. The third-order valence-electron chi connectivity index (χ3n) is 3.61.